The van der Waals surface area contributed by atoms with E-state index < -0.39 is 5.60 Å². The summed E-state index contributed by atoms with van der Waals surface area (Å²) in [7, 11) is 0. The Morgan fingerprint density at radius 1 is 0.973 bits per heavy atom. The van der Waals surface area contributed by atoms with Gasteiger partial charge in [-0.2, -0.15) is 0 Å². The minimum absolute atomic E-state index is 0.419. The van der Waals surface area contributed by atoms with E-state index in [0.29, 0.717) is 16.7 Å². The van der Waals surface area contributed by atoms with Gasteiger partial charge in [0.05, 0.1) is 5.60 Å². The molecule has 4 saturated carbocycles. The molecule has 0 radical (unpaired) electrons. The highest BCUT2D eigenvalue weighted by molar-refractivity contribution is 7.99. The summed E-state index contributed by atoms with van der Waals surface area (Å²) >= 11 is 1.65. The topological polar surface area (TPSA) is 46.0 Å². The average Bonchev–Trinajstić information content (AvgIpc) is 3.21. The number of hydrogen-bond acceptors (Lipinski definition) is 4. The first-order valence-electron chi connectivity index (χ1n) is 15.7. The molecule has 208 valence electrons. The monoisotopic (exact) mass is 526 g/mol. The smallest absolute Gasteiger partial charge is 0.187 e. The number of fused-ring (bicyclic) bond motifs is 5. The van der Waals surface area contributed by atoms with Crippen molar-refractivity contribution >= 4 is 11.8 Å². The van der Waals surface area contributed by atoms with Crippen molar-refractivity contribution in [1.82, 2.24) is 9.97 Å². The second-order valence-corrected chi connectivity index (χ2v) is 15.8. The number of aromatic nitrogens is 2. The van der Waals surface area contributed by atoms with E-state index in [1.807, 2.05) is 19.2 Å². The molecule has 9 atom stereocenters. The highest BCUT2D eigenvalue weighted by Crippen LogP contribution is 2.69. The maximum Gasteiger partial charge on any atom is 0.187 e. The Bertz CT molecular complexity index is 937. The second kappa shape index (κ2) is 10.8. The van der Waals surface area contributed by atoms with Crippen LogP contribution in [0.2, 0.25) is 0 Å². The van der Waals surface area contributed by atoms with Crippen molar-refractivity contribution in [3.8, 4) is 0 Å². The second-order valence-electron chi connectivity index (χ2n) is 14.9. The van der Waals surface area contributed by atoms with E-state index in [9.17, 15) is 5.11 Å². The predicted molar refractivity (Wildman–Crippen MR) is 156 cm³/mol. The van der Waals surface area contributed by atoms with Crippen molar-refractivity contribution in [3.05, 3.63) is 18.0 Å². The van der Waals surface area contributed by atoms with Crippen LogP contribution in [0.15, 0.2) is 17.4 Å². The number of thioether (sulfide) groups is 1. The van der Waals surface area contributed by atoms with E-state index in [2.05, 4.69) is 44.6 Å². The summed E-state index contributed by atoms with van der Waals surface area (Å²) in [5, 5.41) is 12.5. The van der Waals surface area contributed by atoms with Gasteiger partial charge in [-0.3, -0.25) is 0 Å². The van der Waals surface area contributed by atoms with Gasteiger partial charge in [-0.1, -0.05) is 65.6 Å². The molecule has 4 aliphatic carbocycles. The molecule has 0 aromatic carbocycles. The van der Waals surface area contributed by atoms with Gasteiger partial charge in [0, 0.05) is 17.6 Å². The van der Waals surface area contributed by atoms with Gasteiger partial charge < -0.3 is 5.11 Å². The molecule has 37 heavy (non-hydrogen) atoms. The first kappa shape index (κ1) is 27.9. The molecule has 1 heterocycles. The first-order chi connectivity index (χ1) is 17.5. The fraction of sp³-hybridized carbons (Fsp3) is 0.879. The van der Waals surface area contributed by atoms with Crippen LogP contribution in [-0.2, 0) is 0 Å². The normalized spacial score (nSPS) is 42.2. The Morgan fingerprint density at radius 3 is 2.51 bits per heavy atom. The SMILES string of the molecule is Cc1ccnc(SC[C@@]2(O)CC[C@]3(C)C4CC[C@@]5(C)C(CC[C@@H]5[C@H](C)CCCC(C)C)C4CC[C@H]3C2)n1. The molecule has 0 amide bonds. The van der Waals surface area contributed by atoms with Crippen LogP contribution in [0.3, 0.4) is 0 Å². The molecule has 0 aliphatic heterocycles. The van der Waals surface area contributed by atoms with Crippen molar-refractivity contribution in [1.29, 1.82) is 0 Å². The lowest BCUT2D eigenvalue weighted by Gasteiger charge is -2.62. The molecule has 1 N–H and O–H groups in total. The molecular formula is C33H54N2OS. The van der Waals surface area contributed by atoms with Crippen LogP contribution >= 0.6 is 11.8 Å². The molecule has 0 bridgehead atoms. The van der Waals surface area contributed by atoms with Crippen LogP contribution in [0.4, 0.5) is 0 Å². The van der Waals surface area contributed by atoms with E-state index in [1.165, 1.54) is 64.2 Å². The van der Waals surface area contributed by atoms with E-state index in [1.54, 1.807) is 11.8 Å². The molecule has 1 aromatic heterocycles. The largest absolute Gasteiger partial charge is 0.389 e. The van der Waals surface area contributed by atoms with E-state index in [-0.39, 0.29) is 0 Å². The first-order valence-corrected chi connectivity index (χ1v) is 16.7. The standard InChI is InChI=1S/C33H54N2OS/c1-22(2)8-7-9-23(3)27-12-13-28-26-11-10-25-20-33(36,21-37-30-34-19-15-24(4)35-30)18-17-31(25,5)29(26)14-16-32(27,28)6/h15,19,22-23,25-29,36H,7-14,16-18,20-21H2,1-6H3/t23-,25+,26?,27-,28?,29?,31+,32-,33-/m1/s1. The molecular weight excluding hydrogens is 472 g/mol. The minimum Gasteiger partial charge on any atom is -0.389 e. The van der Waals surface area contributed by atoms with Gasteiger partial charge in [0.2, 0.25) is 0 Å². The Kier molecular flexibility index (Phi) is 8.12. The zero-order valence-corrected chi connectivity index (χ0v) is 25.5. The molecule has 3 unspecified atom stereocenters. The molecule has 0 saturated heterocycles. The lowest BCUT2D eigenvalue weighted by atomic mass is 9.43. The van der Waals surface area contributed by atoms with E-state index >= 15 is 0 Å². The number of nitrogens with zero attached hydrogens (tertiary/aromatic N) is 2. The molecule has 4 fully saturated rings. The summed E-state index contributed by atoms with van der Waals surface area (Å²) in [6, 6.07) is 1.94. The lowest BCUT2D eigenvalue weighted by Crippen LogP contribution is -2.56. The molecule has 0 spiro atoms. The fourth-order valence-corrected chi connectivity index (χ4v) is 11.2. The summed E-state index contributed by atoms with van der Waals surface area (Å²) < 4.78 is 0. The third-order valence-corrected chi connectivity index (χ3v) is 13.4. The number of hydrogen-bond donors (Lipinski definition) is 1. The van der Waals surface area contributed by atoms with Crippen molar-refractivity contribution in [3.63, 3.8) is 0 Å². The molecule has 4 heteroatoms. The van der Waals surface area contributed by atoms with Crippen molar-refractivity contribution < 1.29 is 5.11 Å². The fourth-order valence-electron chi connectivity index (χ4n) is 10.2. The van der Waals surface area contributed by atoms with E-state index in [0.717, 1.165) is 65.0 Å². The predicted octanol–water partition coefficient (Wildman–Crippen LogP) is 8.73. The highest BCUT2D eigenvalue weighted by atomic mass is 32.2. The lowest BCUT2D eigenvalue weighted by molar-refractivity contribution is -0.146. The number of rotatable bonds is 8. The van der Waals surface area contributed by atoms with E-state index in [4.69, 9.17) is 0 Å². The number of aliphatic hydroxyl groups is 1. The third kappa shape index (κ3) is 5.41. The molecule has 5 rings (SSSR count). The van der Waals surface area contributed by atoms with Crippen molar-refractivity contribution in [2.45, 2.75) is 129 Å². The van der Waals surface area contributed by atoms with Crippen LogP contribution in [0.1, 0.15) is 117 Å². The van der Waals surface area contributed by atoms with Gasteiger partial charge in [0.1, 0.15) is 0 Å². The third-order valence-electron chi connectivity index (χ3n) is 12.3. The van der Waals surface area contributed by atoms with Crippen LogP contribution < -0.4 is 0 Å². The van der Waals surface area contributed by atoms with Crippen LogP contribution in [-0.4, -0.2) is 26.4 Å². The maximum atomic E-state index is 11.7. The Labute approximate surface area is 231 Å². The minimum atomic E-state index is -0.568. The van der Waals surface area contributed by atoms with Gasteiger partial charge in [0.15, 0.2) is 5.16 Å². The zero-order chi connectivity index (χ0) is 26.4. The summed E-state index contributed by atoms with van der Waals surface area (Å²) in [5.74, 6) is 6.80. The van der Waals surface area contributed by atoms with Crippen LogP contribution in [0.25, 0.3) is 0 Å². The van der Waals surface area contributed by atoms with Crippen LogP contribution in [0.5, 0.6) is 0 Å². The quantitative estimate of drug-likeness (QED) is 0.272. The highest BCUT2D eigenvalue weighted by Gasteiger charge is 2.61. The average molecular weight is 527 g/mol. The zero-order valence-electron chi connectivity index (χ0n) is 24.6. The Morgan fingerprint density at radius 2 is 1.76 bits per heavy atom. The van der Waals surface area contributed by atoms with Gasteiger partial charge in [-0.25, -0.2) is 9.97 Å². The maximum absolute atomic E-state index is 11.7. The summed E-state index contributed by atoms with van der Waals surface area (Å²) in [6.45, 7) is 14.7. The van der Waals surface area contributed by atoms with Crippen LogP contribution in [0, 0.1) is 59.2 Å². The number of aryl methyl sites for hydroxylation is 1. The Hall–Kier alpha value is -0.610. The van der Waals surface area contributed by atoms with Gasteiger partial charge in [0.25, 0.3) is 0 Å². The van der Waals surface area contributed by atoms with Crippen molar-refractivity contribution in [2.24, 2.45) is 52.3 Å². The molecule has 4 aliphatic rings. The van der Waals surface area contributed by atoms with Gasteiger partial charge in [-0.05, 0) is 123 Å². The Balaban J connectivity index is 1.23. The van der Waals surface area contributed by atoms with Gasteiger partial charge in [-0.15, -0.1) is 0 Å². The van der Waals surface area contributed by atoms with Gasteiger partial charge >= 0.3 is 0 Å². The summed E-state index contributed by atoms with van der Waals surface area (Å²) in [4.78, 5) is 8.98. The summed E-state index contributed by atoms with van der Waals surface area (Å²) in [5.41, 5.74) is 1.42. The molecule has 1 aromatic rings. The summed E-state index contributed by atoms with van der Waals surface area (Å²) in [6.07, 6.45) is 17.8. The molecule has 3 nitrogen and oxygen atoms in total. The van der Waals surface area contributed by atoms with Crippen molar-refractivity contribution in [2.75, 3.05) is 5.75 Å².